The summed E-state index contributed by atoms with van der Waals surface area (Å²) in [5, 5.41) is 27.3. The number of carbonyl (C=O) groups is 2. The molecule has 1 amide bonds. The van der Waals surface area contributed by atoms with Crippen molar-refractivity contribution in [3.63, 3.8) is 0 Å². The number of aromatic carboxylic acids is 1. The Morgan fingerprint density at radius 2 is 1.81 bits per heavy atom. The Bertz CT molecular complexity index is 478. The second-order valence-corrected chi connectivity index (χ2v) is 2.97. The number of primary amides is 1. The van der Waals surface area contributed by atoms with Crippen molar-refractivity contribution < 1.29 is 24.9 Å². The van der Waals surface area contributed by atoms with Crippen LogP contribution in [-0.4, -0.2) is 27.2 Å². The standard InChI is InChI=1S/C10H9NO5/c11-9(14)2-1-5-3-6(10(15)16)8(13)4-7(5)12/h1-4,12-13H,(H2,11,14)(H,15,16). The smallest absolute Gasteiger partial charge is 0.339 e. The third kappa shape index (κ3) is 2.50. The summed E-state index contributed by atoms with van der Waals surface area (Å²) in [5.74, 6) is -2.98. The molecule has 0 unspecified atom stereocenters. The molecule has 0 aliphatic heterocycles. The number of hydrogen-bond donors (Lipinski definition) is 4. The number of hydrogen-bond acceptors (Lipinski definition) is 4. The fourth-order valence-corrected chi connectivity index (χ4v) is 1.07. The highest BCUT2D eigenvalue weighted by Gasteiger charge is 2.12. The molecular weight excluding hydrogens is 214 g/mol. The van der Waals surface area contributed by atoms with E-state index in [9.17, 15) is 19.8 Å². The van der Waals surface area contributed by atoms with Crippen LogP contribution in [0, 0.1) is 0 Å². The summed E-state index contributed by atoms with van der Waals surface area (Å²) < 4.78 is 0. The van der Waals surface area contributed by atoms with Crippen LogP contribution >= 0.6 is 0 Å². The van der Waals surface area contributed by atoms with Gasteiger partial charge in [0.1, 0.15) is 17.1 Å². The van der Waals surface area contributed by atoms with E-state index < -0.39 is 17.6 Å². The van der Waals surface area contributed by atoms with E-state index in [1.807, 2.05) is 0 Å². The van der Waals surface area contributed by atoms with E-state index in [0.717, 1.165) is 24.3 Å². The van der Waals surface area contributed by atoms with Crippen LogP contribution in [0.25, 0.3) is 6.08 Å². The molecule has 0 atom stereocenters. The van der Waals surface area contributed by atoms with Gasteiger partial charge in [-0.3, -0.25) is 4.79 Å². The molecule has 0 heterocycles. The fraction of sp³-hybridized carbons (Fsp3) is 0. The molecule has 6 heteroatoms. The van der Waals surface area contributed by atoms with E-state index in [-0.39, 0.29) is 16.9 Å². The Labute approximate surface area is 90.2 Å². The molecule has 1 rings (SSSR count). The molecule has 1 aromatic rings. The number of aromatic hydroxyl groups is 2. The zero-order valence-corrected chi connectivity index (χ0v) is 8.04. The van der Waals surface area contributed by atoms with Gasteiger partial charge in [0.25, 0.3) is 0 Å². The lowest BCUT2D eigenvalue weighted by molar-refractivity contribution is -0.113. The van der Waals surface area contributed by atoms with E-state index in [1.54, 1.807) is 0 Å². The molecule has 0 fully saturated rings. The van der Waals surface area contributed by atoms with Crippen LogP contribution in [0.3, 0.4) is 0 Å². The van der Waals surface area contributed by atoms with Gasteiger partial charge < -0.3 is 21.1 Å². The van der Waals surface area contributed by atoms with E-state index in [1.165, 1.54) is 0 Å². The van der Waals surface area contributed by atoms with Gasteiger partial charge in [0.2, 0.25) is 5.91 Å². The number of benzene rings is 1. The van der Waals surface area contributed by atoms with E-state index in [4.69, 9.17) is 10.8 Å². The molecule has 5 N–H and O–H groups in total. The van der Waals surface area contributed by atoms with Crippen molar-refractivity contribution in [3.05, 3.63) is 29.3 Å². The number of amides is 1. The van der Waals surface area contributed by atoms with Gasteiger partial charge in [0, 0.05) is 17.7 Å². The van der Waals surface area contributed by atoms with Gasteiger partial charge in [-0.25, -0.2) is 4.79 Å². The number of nitrogens with two attached hydrogens (primary N) is 1. The van der Waals surface area contributed by atoms with Gasteiger partial charge in [-0.05, 0) is 12.1 Å². The first-order valence-corrected chi connectivity index (χ1v) is 4.18. The molecule has 0 aliphatic carbocycles. The van der Waals surface area contributed by atoms with Gasteiger partial charge in [0.15, 0.2) is 0 Å². The SMILES string of the molecule is NC(=O)C=Cc1cc(C(=O)O)c(O)cc1O. The molecular formula is C10H9NO5. The van der Waals surface area contributed by atoms with Crippen LogP contribution in [0.15, 0.2) is 18.2 Å². The number of carboxylic acids is 1. The monoisotopic (exact) mass is 223 g/mol. The maximum Gasteiger partial charge on any atom is 0.339 e. The average molecular weight is 223 g/mol. The van der Waals surface area contributed by atoms with Crippen molar-refractivity contribution in [1.82, 2.24) is 0 Å². The molecule has 0 saturated heterocycles. The minimum absolute atomic E-state index is 0.0778. The molecule has 0 aromatic heterocycles. The number of phenols is 2. The van der Waals surface area contributed by atoms with Crippen molar-refractivity contribution in [2.45, 2.75) is 0 Å². The van der Waals surface area contributed by atoms with E-state index in [2.05, 4.69) is 0 Å². The van der Waals surface area contributed by atoms with E-state index >= 15 is 0 Å². The normalized spacial score (nSPS) is 10.5. The van der Waals surface area contributed by atoms with Crippen molar-refractivity contribution in [1.29, 1.82) is 0 Å². The van der Waals surface area contributed by atoms with Gasteiger partial charge >= 0.3 is 5.97 Å². The van der Waals surface area contributed by atoms with Crippen molar-refractivity contribution in [2.75, 3.05) is 0 Å². The summed E-state index contributed by atoms with van der Waals surface area (Å²) in [6, 6.07) is 1.91. The van der Waals surface area contributed by atoms with Crippen LogP contribution in [0.1, 0.15) is 15.9 Å². The van der Waals surface area contributed by atoms with Crippen LogP contribution in [0.4, 0.5) is 0 Å². The third-order valence-corrected chi connectivity index (χ3v) is 1.80. The lowest BCUT2D eigenvalue weighted by atomic mass is 10.1. The van der Waals surface area contributed by atoms with Crippen LogP contribution in [0.2, 0.25) is 0 Å². The molecule has 0 spiro atoms. The Kier molecular flexibility index (Phi) is 3.14. The number of phenolic OH excluding ortho intramolecular Hbond substituents is 1. The van der Waals surface area contributed by atoms with Crippen molar-refractivity contribution in [3.8, 4) is 11.5 Å². The minimum Gasteiger partial charge on any atom is -0.507 e. The van der Waals surface area contributed by atoms with Crippen LogP contribution in [-0.2, 0) is 4.79 Å². The zero-order chi connectivity index (χ0) is 12.3. The first-order valence-electron chi connectivity index (χ1n) is 4.18. The lowest BCUT2D eigenvalue weighted by Crippen LogP contribution is -2.05. The molecule has 84 valence electrons. The first kappa shape index (κ1) is 11.6. The number of carboxylic acid groups (broad SMARTS) is 1. The highest BCUT2D eigenvalue weighted by Crippen LogP contribution is 2.28. The van der Waals surface area contributed by atoms with Crippen molar-refractivity contribution in [2.24, 2.45) is 5.73 Å². The molecule has 0 radical (unpaired) electrons. The summed E-state index contributed by atoms with van der Waals surface area (Å²) in [6.45, 7) is 0. The summed E-state index contributed by atoms with van der Waals surface area (Å²) in [7, 11) is 0. The highest BCUT2D eigenvalue weighted by atomic mass is 16.4. The van der Waals surface area contributed by atoms with Gasteiger partial charge in [-0.15, -0.1) is 0 Å². The maximum atomic E-state index is 10.7. The predicted molar refractivity (Wildman–Crippen MR) is 55.0 cm³/mol. The third-order valence-electron chi connectivity index (χ3n) is 1.80. The molecule has 0 aliphatic rings. The van der Waals surface area contributed by atoms with Crippen LogP contribution < -0.4 is 5.73 Å². The molecule has 1 aromatic carbocycles. The second-order valence-electron chi connectivity index (χ2n) is 2.97. The van der Waals surface area contributed by atoms with Gasteiger partial charge in [-0.2, -0.15) is 0 Å². The zero-order valence-electron chi connectivity index (χ0n) is 8.04. The Balaban J connectivity index is 3.25. The summed E-state index contributed by atoms with van der Waals surface area (Å²) >= 11 is 0. The van der Waals surface area contributed by atoms with Crippen molar-refractivity contribution >= 4 is 18.0 Å². The molecule has 16 heavy (non-hydrogen) atoms. The maximum absolute atomic E-state index is 10.7. The lowest BCUT2D eigenvalue weighted by Gasteiger charge is -2.03. The number of carbonyl (C=O) groups excluding carboxylic acids is 1. The minimum atomic E-state index is -1.34. The van der Waals surface area contributed by atoms with E-state index in [0.29, 0.717) is 0 Å². The largest absolute Gasteiger partial charge is 0.507 e. The quantitative estimate of drug-likeness (QED) is 0.549. The average Bonchev–Trinajstić information content (AvgIpc) is 2.15. The van der Waals surface area contributed by atoms with Gasteiger partial charge in [0.05, 0.1) is 0 Å². The predicted octanol–water partition coefficient (Wildman–Crippen LogP) is 0.295. The molecule has 0 bridgehead atoms. The summed E-state index contributed by atoms with van der Waals surface area (Å²) in [5.41, 5.74) is 4.55. The van der Waals surface area contributed by atoms with Gasteiger partial charge in [-0.1, -0.05) is 0 Å². The highest BCUT2D eigenvalue weighted by molar-refractivity contribution is 5.94. The molecule has 6 nitrogen and oxygen atoms in total. The summed E-state index contributed by atoms with van der Waals surface area (Å²) in [6.07, 6.45) is 2.13. The fourth-order valence-electron chi connectivity index (χ4n) is 1.07. The Morgan fingerprint density at radius 3 is 2.31 bits per heavy atom. The van der Waals surface area contributed by atoms with Crippen LogP contribution in [0.5, 0.6) is 11.5 Å². The number of rotatable bonds is 3. The Morgan fingerprint density at radius 1 is 1.19 bits per heavy atom. The topological polar surface area (TPSA) is 121 Å². The summed E-state index contributed by atoms with van der Waals surface area (Å²) in [4.78, 5) is 21.1. The first-order chi connectivity index (χ1) is 7.41. The Hall–Kier alpha value is -2.50. The second kappa shape index (κ2) is 4.35. The molecule has 0 saturated carbocycles.